The third kappa shape index (κ3) is 5.30. The van der Waals surface area contributed by atoms with Crippen molar-refractivity contribution >= 4 is 32.8 Å². The lowest BCUT2D eigenvalue weighted by molar-refractivity contribution is -0.384. The lowest BCUT2D eigenvalue weighted by atomic mass is 10.0. The van der Waals surface area contributed by atoms with Crippen molar-refractivity contribution in [1.29, 1.82) is 0 Å². The van der Waals surface area contributed by atoms with Crippen LogP contribution in [-0.2, 0) is 14.6 Å². The summed E-state index contributed by atoms with van der Waals surface area (Å²) < 4.78 is 23.2. The first-order valence-electron chi connectivity index (χ1n) is 8.03. The first kappa shape index (κ1) is 19.9. The molecule has 1 amide bonds. The Labute approximate surface area is 151 Å². The third-order valence-corrected chi connectivity index (χ3v) is 5.93. The normalized spacial score (nSPS) is 21.2. The van der Waals surface area contributed by atoms with Crippen molar-refractivity contribution in [2.45, 2.75) is 18.9 Å². The van der Waals surface area contributed by atoms with Gasteiger partial charge in [0.1, 0.15) is 0 Å². The van der Waals surface area contributed by atoms with Crippen molar-refractivity contribution in [2.24, 2.45) is 0 Å². The molecule has 1 fully saturated rings. The van der Waals surface area contributed by atoms with Crippen molar-refractivity contribution in [2.75, 3.05) is 41.8 Å². The van der Waals surface area contributed by atoms with Gasteiger partial charge in [0.25, 0.3) is 5.69 Å². The van der Waals surface area contributed by atoms with Gasteiger partial charge in [0.15, 0.2) is 9.84 Å². The number of benzene rings is 1. The number of nitro benzene ring substituents is 1. The van der Waals surface area contributed by atoms with Crippen LogP contribution in [-0.4, -0.2) is 61.1 Å². The largest absolute Gasteiger partial charge is 0.395 e. The molecule has 4 N–H and O–H groups in total. The van der Waals surface area contributed by atoms with Gasteiger partial charge in [-0.15, -0.1) is 0 Å². The number of nitrogens with zero attached hydrogens (tertiary/aromatic N) is 1. The van der Waals surface area contributed by atoms with Crippen LogP contribution in [0.2, 0.25) is 0 Å². The lowest BCUT2D eigenvalue weighted by Crippen LogP contribution is -2.48. The summed E-state index contributed by atoms with van der Waals surface area (Å²) in [5, 5.41) is 28.3. The van der Waals surface area contributed by atoms with E-state index in [2.05, 4.69) is 16.0 Å². The SMILES string of the molecule is C[C@]1(NC(=O)CNc2cc([N+](=O)[O-])ccc2NCCO)CCS(=O)(=O)C1. The average Bonchev–Trinajstić information content (AvgIpc) is 2.84. The molecule has 0 saturated carbocycles. The van der Waals surface area contributed by atoms with Gasteiger partial charge in [0.2, 0.25) is 5.91 Å². The van der Waals surface area contributed by atoms with E-state index in [1.165, 1.54) is 18.2 Å². The molecule has 0 radical (unpaired) electrons. The number of anilines is 2. The van der Waals surface area contributed by atoms with Crippen molar-refractivity contribution in [3.8, 4) is 0 Å². The summed E-state index contributed by atoms with van der Waals surface area (Å²) >= 11 is 0. The molecule has 144 valence electrons. The second-order valence-electron chi connectivity index (χ2n) is 6.44. The van der Waals surface area contributed by atoms with E-state index in [0.29, 0.717) is 17.8 Å². The minimum atomic E-state index is -3.14. The van der Waals surface area contributed by atoms with Crippen LogP contribution in [0.5, 0.6) is 0 Å². The van der Waals surface area contributed by atoms with E-state index in [9.17, 15) is 23.3 Å². The maximum absolute atomic E-state index is 12.2. The number of aliphatic hydroxyl groups is 1. The summed E-state index contributed by atoms with van der Waals surface area (Å²) in [5.41, 5.74) is -0.103. The van der Waals surface area contributed by atoms with Gasteiger partial charge < -0.3 is 21.1 Å². The highest BCUT2D eigenvalue weighted by Crippen LogP contribution is 2.27. The van der Waals surface area contributed by atoms with Crippen LogP contribution in [0.15, 0.2) is 18.2 Å². The number of sulfone groups is 1. The maximum Gasteiger partial charge on any atom is 0.271 e. The highest BCUT2D eigenvalue weighted by atomic mass is 32.2. The van der Waals surface area contributed by atoms with Crippen molar-refractivity contribution in [3.05, 3.63) is 28.3 Å². The van der Waals surface area contributed by atoms with E-state index in [-0.39, 0.29) is 36.9 Å². The van der Waals surface area contributed by atoms with E-state index in [1.54, 1.807) is 6.92 Å². The fourth-order valence-corrected chi connectivity index (χ4v) is 4.90. The van der Waals surface area contributed by atoms with E-state index in [0.717, 1.165) is 0 Å². The van der Waals surface area contributed by atoms with E-state index in [1.807, 2.05) is 0 Å². The van der Waals surface area contributed by atoms with E-state index in [4.69, 9.17) is 5.11 Å². The van der Waals surface area contributed by atoms with Gasteiger partial charge in [0.05, 0.1) is 46.5 Å². The molecule has 1 aliphatic heterocycles. The van der Waals surface area contributed by atoms with Gasteiger partial charge >= 0.3 is 0 Å². The van der Waals surface area contributed by atoms with Gasteiger partial charge in [-0.05, 0) is 19.4 Å². The van der Waals surface area contributed by atoms with Crippen LogP contribution in [0.4, 0.5) is 17.1 Å². The van der Waals surface area contributed by atoms with Gasteiger partial charge in [-0.1, -0.05) is 0 Å². The van der Waals surface area contributed by atoms with E-state index >= 15 is 0 Å². The highest BCUT2D eigenvalue weighted by Gasteiger charge is 2.39. The number of nitro groups is 1. The molecule has 0 unspecified atom stereocenters. The van der Waals surface area contributed by atoms with Crippen LogP contribution in [0, 0.1) is 10.1 Å². The van der Waals surface area contributed by atoms with Crippen LogP contribution < -0.4 is 16.0 Å². The Hall–Kier alpha value is -2.40. The fraction of sp³-hybridized carbons (Fsp3) is 0.533. The topological polar surface area (TPSA) is 151 Å². The maximum atomic E-state index is 12.2. The third-order valence-electron chi connectivity index (χ3n) is 4.03. The standard InChI is InChI=1S/C15H22N4O6S/c1-15(4-7-26(24,25)10-15)18-14(21)9-17-13-8-11(19(22)23)2-3-12(13)16-5-6-20/h2-3,8,16-17,20H,4-7,9-10H2,1H3,(H,18,21)/t15-/m0/s1. The number of carbonyl (C=O) groups is 1. The van der Waals surface area contributed by atoms with Crippen LogP contribution in [0.3, 0.4) is 0 Å². The lowest BCUT2D eigenvalue weighted by Gasteiger charge is -2.24. The molecule has 1 aromatic rings. The summed E-state index contributed by atoms with van der Waals surface area (Å²) in [6, 6.07) is 4.09. The fourth-order valence-electron chi connectivity index (χ4n) is 2.80. The molecule has 11 heteroatoms. The Balaban J connectivity index is 2.04. The molecule has 1 aliphatic rings. The smallest absolute Gasteiger partial charge is 0.271 e. The molecular weight excluding hydrogens is 364 g/mol. The predicted molar refractivity (Wildman–Crippen MR) is 97.0 cm³/mol. The molecular formula is C15H22N4O6S. The number of carbonyl (C=O) groups excluding carboxylic acids is 1. The van der Waals surface area contributed by atoms with Crippen molar-refractivity contribution in [1.82, 2.24) is 5.32 Å². The number of amides is 1. The number of non-ortho nitro benzene ring substituents is 1. The van der Waals surface area contributed by atoms with E-state index < -0.39 is 26.2 Å². The first-order chi connectivity index (χ1) is 12.1. The molecule has 2 rings (SSSR count). The first-order valence-corrected chi connectivity index (χ1v) is 9.85. The van der Waals surface area contributed by atoms with Crippen LogP contribution >= 0.6 is 0 Å². The summed E-state index contributed by atoms with van der Waals surface area (Å²) in [6.45, 7) is 1.63. The molecule has 0 bridgehead atoms. The minimum absolute atomic E-state index is 0.0390. The number of rotatable bonds is 8. The zero-order chi connectivity index (χ0) is 19.4. The van der Waals surface area contributed by atoms with Gasteiger partial charge in [-0.25, -0.2) is 8.42 Å². The number of aliphatic hydroxyl groups excluding tert-OH is 1. The molecule has 1 aromatic carbocycles. The zero-order valence-electron chi connectivity index (χ0n) is 14.3. The average molecular weight is 386 g/mol. The van der Waals surface area contributed by atoms with Crippen molar-refractivity contribution in [3.63, 3.8) is 0 Å². The summed E-state index contributed by atoms with van der Waals surface area (Å²) in [7, 11) is -3.14. The Morgan fingerprint density at radius 1 is 1.35 bits per heavy atom. The molecule has 0 spiro atoms. The monoisotopic (exact) mass is 386 g/mol. The molecule has 10 nitrogen and oxygen atoms in total. The summed E-state index contributed by atoms with van der Waals surface area (Å²) in [5.74, 6) is -0.479. The van der Waals surface area contributed by atoms with Crippen LogP contribution in [0.1, 0.15) is 13.3 Å². The zero-order valence-corrected chi connectivity index (χ0v) is 15.1. The van der Waals surface area contributed by atoms with Gasteiger partial charge in [0, 0.05) is 18.7 Å². The predicted octanol–water partition coefficient (Wildman–Crippen LogP) is 0.104. The quantitative estimate of drug-likeness (QED) is 0.363. The summed E-state index contributed by atoms with van der Waals surface area (Å²) in [4.78, 5) is 22.6. The number of hydrogen-bond donors (Lipinski definition) is 4. The van der Waals surface area contributed by atoms with Crippen molar-refractivity contribution < 1.29 is 23.2 Å². The Morgan fingerprint density at radius 2 is 2.08 bits per heavy atom. The van der Waals surface area contributed by atoms with Gasteiger partial charge in [-0.2, -0.15) is 0 Å². The molecule has 1 heterocycles. The number of nitrogens with one attached hydrogen (secondary N) is 3. The second kappa shape index (κ2) is 7.87. The molecule has 0 aromatic heterocycles. The number of hydrogen-bond acceptors (Lipinski definition) is 8. The van der Waals surface area contributed by atoms with Crippen LogP contribution in [0.25, 0.3) is 0 Å². The Bertz CT molecular complexity index is 797. The molecule has 1 saturated heterocycles. The molecule has 1 atom stereocenters. The Kier molecular flexibility index (Phi) is 6.03. The molecule has 0 aliphatic carbocycles. The molecule has 26 heavy (non-hydrogen) atoms. The highest BCUT2D eigenvalue weighted by molar-refractivity contribution is 7.91. The Morgan fingerprint density at radius 3 is 2.65 bits per heavy atom. The van der Waals surface area contributed by atoms with Gasteiger partial charge in [-0.3, -0.25) is 14.9 Å². The summed E-state index contributed by atoms with van der Waals surface area (Å²) in [6.07, 6.45) is 0.348. The second-order valence-corrected chi connectivity index (χ2v) is 8.63. The minimum Gasteiger partial charge on any atom is -0.395 e.